The zero-order chi connectivity index (χ0) is 12.3. The normalized spacial score (nSPS) is 10.5. The predicted octanol–water partition coefficient (Wildman–Crippen LogP) is 2.49. The lowest BCUT2D eigenvalue weighted by atomic mass is 10.2. The summed E-state index contributed by atoms with van der Waals surface area (Å²) in [5.74, 6) is 1.44. The topological polar surface area (TPSA) is 47.0 Å². The predicted molar refractivity (Wildman–Crippen MR) is 70.7 cm³/mol. The molecule has 0 aliphatic carbocycles. The monoisotopic (exact) mass is 257 g/mol. The second-order valence-corrected chi connectivity index (χ2v) is 4.10. The summed E-state index contributed by atoms with van der Waals surface area (Å²) in [6.45, 7) is 4.34. The zero-order valence-corrected chi connectivity index (χ0v) is 11.0. The molecule has 0 amide bonds. The Morgan fingerprint density at radius 1 is 1.35 bits per heavy atom. The number of aromatic nitrogens is 2. The van der Waals surface area contributed by atoms with Gasteiger partial charge in [0.1, 0.15) is 12.1 Å². The van der Waals surface area contributed by atoms with Crippen LogP contribution < -0.4 is 5.32 Å². The third kappa shape index (κ3) is 6.44. The van der Waals surface area contributed by atoms with E-state index in [-0.39, 0.29) is 0 Å². The molecule has 4 nitrogen and oxygen atoms in total. The van der Waals surface area contributed by atoms with Crippen LogP contribution in [0.25, 0.3) is 0 Å². The van der Waals surface area contributed by atoms with Crippen molar-refractivity contribution >= 4 is 17.4 Å². The summed E-state index contributed by atoms with van der Waals surface area (Å²) >= 11 is 5.50. The molecule has 17 heavy (non-hydrogen) atoms. The van der Waals surface area contributed by atoms with Crippen molar-refractivity contribution in [1.29, 1.82) is 0 Å². The van der Waals surface area contributed by atoms with Crippen LogP contribution in [0.4, 0.5) is 5.82 Å². The number of halogens is 1. The maximum atomic E-state index is 5.50. The first-order valence-electron chi connectivity index (χ1n) is 6.05. The number of nitrogens with zero attached hydrogens (tertiary/aromatic N) is 2. The number of hydrogen-bond donors (Lipinski definition) is 1. The van der Waals surface area contributed by atoms with Crippen LogP contribution in [0.5, 0.6) is 0 Å². The van der Waals surface area contributed by atoms with Gasteiger partial charge in [-0.05, 0) is 12.8 Å². The highest BCUT2D eigenvalue weighted by molar-refractivity contribution is 6.17. The van der Waals surface area contributed by atoms with Gasteiger partial charge in [0, 0.05) is 30.8 Å². The molecule has 0 aliphatic heterocycles. The van der Waals surface area contributed by atoms with E-state index in [9.17, 15) is 0 Å². The Balaban J connectivity index is 2.19. The number of anilines is 1. The van der Waals surface area contributed by atoms with Gasteiger partial charge >= 0.3 is 0 Å². The number of rotatable bonds is 9. The van der Waals surface area contributed by atoms with Crippen LogP contribution >= 0.6 is 11.6 Å². The summed E-state index contributed by atoms with van der Waals surface area (Å²) in [4.78, 5) is 8.38. The molecule has 1 rings (SSSR count). The average Bonchev–Trinajstić information content (AvgIpc) is 2.35. The van der Waals surface area contributed by atoms with Crippen LogP contribution in [0.2, 0.25) is 0 Å². The second kappa shape index (κ2) is 9.19. The Hall–Kier alpha value is -0.870. The van der Waals surface area contributed by atoms with E-state index in [1.165, 1.54) is 0 Å². The van der Waals surface area contributed by atoms with Crippen LogP contribution in [0, 0.1) is 0 Å². The largest absolute Gasteiger partial charge is 0.380 e. The van der Waals surface area contributed by atoms with E-state index in [1.807, 2.05) is 6.07 Å². The standard InChI is InChI=1S/C12H20ClN3O/c1-2-4-11-9-12(16-10-15-11)14-6-3-7-17-8-5-13/h9-10H,2-8H2,1H3,(H,14,15,16). The molecule has 0 radical (unpaired) electrons. The maximum absolute atomic E-state index is 5.50. The van der Waals surface area contributed by atoms with Crippen molar-refractivity contribution in [2.75, 3.05) is 31.0 Å². The van der Waals surface area contributed by atoms with Gasteiger partial charge in [0.05, 0.1) is 6.61 Å². The summed E-state index contributed by atoms with van der Waals surface area (Å²) in [7, 11) is 0. The van der Waals surface area contributed by atoms with Gasteiger partial charge in [-0.3, -0.25) is 0 Å². The van der Waals surface area contributed by atoms with E-state index in [0.717, 1.165) is 43.9 Å². The minimum atomic E-state index is 0.555. The van der Waals surface area contributed by atoms with Crippen molar-refractivity contribution < 1.29 is 4.74 Å². The first-order chi connectivity index (χ1) is 8.36. The molecule has 0 aromatic carbocycles. The van der Waals surface area contributed by atoms with Crippen LogP contribution in [-0.2, 0) is 11.2 Å². The second-order valence-electron chi connectivity index (χ2n) is 3.73. The van der Waals surface area contributed by atoms with E-state index in [0.29, 0.717) is 12.5 Å². The average molecular weight is 258 g/mol. The van der Waals surface area contributed by atoms with Gasteiger partial charge < -0.3 is 10.1 Å². The van der Waals surface area contributed by atoms with Gasteiger partial charge in [-0.25, -0.2) is 9.97 Å². The fraction of sp³-hybridized carbons (Fsp3) is 0.667. The van der Waals surface area contributed by atoms with Gasteiger partial charge in [-0.1, -0.05) is 13.3 Å². The molecular formula is C12H20ClN3O. The molecule has 0 bridgehead atoms. The summed E-state index contributed by atoms with van der Waals surface area (Å²) in [5, 5.41) is 3.26. The Morgan fingerprint density at radius 2 is 2.24 bits per heavy atom. The fourth-order valence-corrected chi connectivity index (χ4v) is 1.54. The van der Waals surface area contributed by atoms with Crippen LogP contribution in [0.3, 0.4) is 0 Å². The van der Waals surface area contributed by atoms with Crippen molar-refractivity contribution in [2.24, 2.45) is 0 Å². The van der Waals surface area contributed by atoms with Crippen molar-refractivity contribution in [1.82, 2.24) is 9.97 Å². The lowest BCUT2D eigenvalue weighted by Crippen LogP contribution is -2.08. The molecule has 96 valence electrons. The molecular weight excluding hydrogens is 238 g/mol. The van der Waals surface area contributed by atoms with Gasteiger partial charge in [0.15, 0.2) is 0 Å². The van der Waals surface area contributed by atoms with E-state index in [1.54, 1.807) is 6.33 Å². The fourth-order valence-electron chi connectivity index (χ4n) is 1.43. The molecule has 0 fully saturated rings. The highest BCUT2D eigenvalue weighted by Gasteiger charge is 1.97. The molecule has 1 heterocycles. The van der Waals surface area contributed by atoms with Gasteiger partial charge in [-0.2, -0.15) is 0 Å². The van der Waals surface area contributed by atoms with Crippen LogP contribution in [0.1, 0.15) is 25.5 Å². The molecule has 1 aromatic rings. The molecule has 0 saturated carbocycles. The lowest BCUT2D eigenvalue weighted by Gasteiger charge is -2.06. The lowest BCUT2D eigenvalue weighted by molar-refractivity contribution is 0.149. The first-order valence-corrected chi connectivity index (χ1v) is 6.58. The summed E-state index contributed by atoms with van der Waals surface area (Å²) in [6, 6.07) is 2.00. The minimum absolute atomic E-state index is 0.555. The number of ether oxygens (including phenoxy) is 1. The van der Waals surface area contributed by atoms with Gasteiger partial charge in [-0.15, -0.1) is 11.6 Å². The molecule has 0 aliphatic rings. The Bertz CT molecular complexity index is 310. The molecule has 0 spiro atoms. The summed E-state index contributed by atoms with van der Waals surface area (Å²) < 4.78 is 5.28. The molecule has 0 atom stereocenters. The van der Waals surface area contributed by atoms with E-state index >= 15 is 0 Å². The quantitative estimate of drug-likeness (QED) is 0.545. The number of aryl methyl sites for hydroxylation is 1. The third-order valence-electron chi connectivity index (χ3n) is 2.22. The van der Waals surface area contributed by atoms with Crippen molar-refractivity contribution in [3.05, 3.63) is 18.1 Å². The number of hydrogen-bond acceptors (Lipinski definition) is 4. The SMILES string of the molecule is CCCc1cc(NCCCOCCCl)ncn1. The van der Waals surface area contributed by atoms with E-state index in [2.05, 4.69) is 22.2 Å². The van der Waals surface area contributed by atoms with Gasteiger partial charge in [0.2, 0.25) is 0 Å². The first kappa shape index (κ1) is 14.2. The molecule has 1 N–H and O–H groups in total. The van der Waals surface area contributed by atoms with E-state index in [4.69, 9.17) is 16.3 Å². The highest BCUT2D eigenvalue weighted by Crippen LogP contribution is 2.05. The number of alkyl halides is 1. The maximum Gasteiger partial charge on any atom is 0.129 e. The molecule has 0 unspecified atom stereocenters. The molecule has 0 saturated heterocycles. The van der Waals surface area contributed by atoms with Crippen molar-refractivity contribution in [2.45, 2.75) is 26.2 Å². The smallest absolute Gasteiger partial charge is 0.129 e. The zero-order valence-electron chi connectivity index (χ0n) is 10.3. The number of nitrogens with one attached hydrogen (secondary N) is 1. The Kier molecular flexibility index (Phi) is 7.67. The minimum Gasteiger partial charge on any atom is -0.380 e. The highest BCUT2D eigenvalue weighted by atomic mass is 35.5. The molecule has 5 heteroatoms. The molecule has 1 aromatic heterocycles. The van der Waals surface area contributed by atoms with Crippen molar-refractivity contribution in [3.8, 4) is 0 Å². The third-order valence-corrected chi connectivity index (χ3v) is 2.38. The van der Waals surface area contributed by atoms with E-state index < -0.39 is 0 Å². The van der Waals surface area contributed by atoms with Gasteiger partial charge in [0.25, 0.3) is 0 Å². The van der Waals surface area contributed by atoms with Crippen molar-refractivity contribution in [3.63, 3.8) is 0 Å². The summed E-state index contributed by atoms with van der Waals surface area (Å²) in [5.41, 5.74) is 1.09. The summed E-state index contributed by atoms with van der Waals surface area (Å²) in [6.07, 6.45) is 4.65. The Labute approximate surface area is 108 Å². The van der Waals surface area contributed by atoms with Crippen LogP contribution in [-0.4, -0.2) is 35.6 Å². The Morgan fingerprint density at radius 3 is 3.00 bits per heavy atom. The van der Waals surface area contributed by atoms with Crippen LogP contribution in [0.15, 0.2) is 12.4 Å².